The van der Waals surface area contributed by atoms with E-state index in [1.165, 1.54) is 0 Å². The quantitative estimate of drug-likeness (QED) is 0.425. The molecule has 2 rings (SSSR count). The molecule has 0 saturated heterocycles. The zero-order chi connectivity index (χ0) is 16.2. The van der Waals surface area contributed by atoms with Gasteiger partial charge in [0.1, 0.15) is 6.73 Å². The number of nitrogens with zero attached hydrogens (tertiary/aromatic N) is 3. The van der Waals surface area contributed by atoms with Crippen molar-refractivity contribution in [2.24, 2.45) is 0 Å². The highest BCUT2D eigenvalue weighted by molar-refractivity contribution is 6.76. The minimum absolute atomic E-state index is 0.297. The van der Waals surface area contributed by atoms with Crippen LogP contribution in [0.1, 0.15) is 16.1 Å². The van der Waals surface area contributed by atoms with Crippen molar-refractivity contribution in [1.29, 1.82) is 0 Å². The minimum atomic E-state index is -1.11. The summed E-state index contributed by atoms with van der Waals surface area (Å²) in [5.74, 6) is 0. The fourth-order valence-electron chi connectivity index (χ4n) is 2.15. The molecule has 0 amide bonds. The Morgan fingerprint density at radius 1 is 1.32 bits per heavy atom. The SMILES string of the molecule is COCc1ncc2cnn(COCC[Si](C)(C)C)c2c1C=O. The van der Waals surface area contributed by atoms with Crippen LogP contribution in [-0.4, -0.2) is 42.8 Å². The fourth-order valence-corrected chi connectivity index (χ4v) is 2.90. The van der Waals surface area contributed by atoms with Crippen LogP contribution >= 0.6 is 0 Å². The van der Waals surface area contributed by atoms with Gasteiger partial charge in [-0.25, -0.2) is 4.68 Å². The highest BCUT2D eigenvalue weighted by atomic mass is 28.3. The van der Waals surface area contributed by atoms with E-state index in [1.54, 1.807) is 24.2 Å². The molecular weight excluding hydrogens is 298 g/mol. The summed E-state index contributed by atoms with van der Waals surface area (Å²) in [7, 11) is 0.473. The van der Waals surface area contributed by atoms with E-state index >= 15 is 0 Å². The first-order valence-electron chi connectivity index (χ1n) is 7.31. The van der Waals surface area contributed by atoms with Crippen LogP contribution in [0, 0.1) is 0 Å². The molecule has 0 atom stereocenters. The second kappa shape index (κ2) is 7.13. The lowest BCUT2D eigenvalue weighted by molar-refractivity contribution is 0.0815. The average Bonchev–Trinajstić information content (AvgIpc) is 2.86. The Balaban J connectivity index is 2.19. The van der Waals surface area contributed by atoms with Crippen molar-refractivity contribution in [3.05, 3.63) is 23.7 Å². The maximum Gasteiger partial charge on any atom is 0.154 e. The fraction of sp³-hybridized carbons (Fsp3) is 0.533. The molecule has 6 nitrogen and oxygen atoms in total. The van der Waals surface area contributed by atoms with Crippen molar-refractivity contribution >= 4 is 25.3 Å². The molecule has 120 valence electrons. The first-order valence-corrected chi connectivity index (χ1v) is 11.0. The molecule has 0 fully saturated rings. The van der Waals surface area contributed by atoms with Crippen LogP contribution in [-0.2, 0) is 22.8 Å². The molecule has 2 aromatic rings. The molecule has 0 bridgehead atoms. The van der Waals surface area contributed by atoms with Crippen molar-refractivity contribution in [2.45, 2.75) is 39.0 Å². The molecule has 0 aromatic carbocycles. The summed E-state index contributed by atoms with van der Waals surface area (Å²) in [5, 5.41) is 5.13. The standard InChI is InChI=1S/C15H23N3O3Si/c1-20-10-14-13(9-19)15-12(7-16-14)8-17-18(15)11-21-5-6-22(2,3)4/h7-9H,5-6,10-11H2,1-4H3. The molecule has 0 saturated carbocycles. The monoisotopic (exact) mass is 321 g/mol. The van der Waals surface area contributed by atoms with Crippen LogP contribution in [0.15, 0.2) is 12.4 Å². The molecule has 0 radical (unpaired) electrons. The first kappa shape index (κ1) is 16.8. The van der Waals surface area contributed by atoms with Crippen LogP contribution in [0.4, 0.5) is 0 Å². The van der Waals surface area contributed by atoms with Crippen molar-refractivity contribution in [1.82, 2.24) is 14.8 Å². The topological polar surface area (TPSA) is 66.2 Å². The third-order valence-electron chi connectivity index (χ3n) is 3.40. The van der Waals surface area contributed by atoms with E-state index in [-0.39, 0.29) is 0 Å². The van der Waals surface area contributed by atoms with Crippen molar-refractivity contribution in [3.8, 4) is 0 Å². The van der Waals surface area contributed by atoms with Gasteiger partial charge in [0.2, 0.25) is 0 Å². The summed E-state index contributed by atoms with van der Waals surface area (Å²) in [4.78, 5) is 15.7. The van der Waals surface area contributed by atoms with Gasteiger partial charge in [-0.3, -0.25) is 9.78 Å². The molecule has 0 unspecified atom stereocenters. The number of ether oxygens (including phenoxy) is 2. The van der Waals surface area contributed by atoms with Gasteiger partial charge in [-0.05, 0) is 6.04 Å². The van der Waals surface area contributed by atoms with Gasteiger partial charge in [0.15, 0.2) is 6.29 Å². The van der Waals surface area contributed by atoms with Crippen LogP contribution in [0.3, 0.4) is 0 Å². The van der Waals surface area contributed by atoms with E-state index < -0.39 is 8.07 Å². The van der Waals surface area contributed by atoms with Crippen molar-refractivity contribution in [3.63, 3.8) is 0 Å². The van der Waals surface area contributed by atoms with Crippen molar-refractivity contribution < 1.29 is 14.3 Å². The molecule has 7 heteroatoms. The second-order valence-corrected chi connectivity index (χ2v) is 12.1. The van der Waals surface area contributed by atoms with E-state index in [9.17, 15) is 4.79 Å². The molecular formula is C15H23N3O3Si. The molecule has 2 aromatic heterocycles. The molecule has 2 heterocycles. The summed E-state index contributed by atoms with van der Waals surface area (Å²) in [6.07, 6.45) is 4.22. The molecule has 0 aliphatic rings. The highest BCUT2D eigenvalue weighted by Gasteiger charge is 2.15. The van der Waals surface area contributed by atoms with Crippen LogP contribution in [0.5, 0.6) is 0 Å². The lowest BCUT2D eigenvalue weighted by atomic mass is 10.1. The van der Waals surface area contributed by atoms with Crippen LogP contribution in [0.2, 0.25) is 25.7 Å². The lowest BCUT2D eigenvalue weighted by Crippen LogP contribution is -2.22. The summed E-state index contributed by atoms with van der Waals surface area (Å²) in [5.41, 5.74) is 1.89. The van der Waals surface area contributed by atoms with Gasteiger partial charge in [-0.15, -0.1) is 0 Å². The zero-order valence-corrected chi connectivity index (χ0v) is 14.6. The predicted octanol–water partition coefficient (Wildman–Crippen LogP) is 2.70. The van der Waals surface area contributed by atoms with Gasteiger partial charge < -0.3 is 9.47 Å². The van der Waals surface area contributed by atoms with E-state index in [0.29, 0.717) is 31.2 Å². The van der Waals surface area contributed by atoms with Crippen LogP contribution in [0.25, 0.3) is 10.9 Å². The Hall–Kier alpha value is -1.57. The number of carbonyl (C=O) groups excluding carboxylic acids is 1. The second-order valence-electron chi connectivity index (χ2n) is 6.47. The number of fused-ring (bicyclic) bond motifs is 1. The number of aldehydes is 1. The van der Waals surface area contributed by atoms with Gasteiger partial charge in [-0.1, -0.05) is 19.6 Å². The molecule has 0 aliphatic carbocycles. The third kappa shape index (κ3) is 4.00. The average molecular weight is 321 g/mol. The largest absolute Gasteiger partial charge is 0.378 e. The van der Waals surface area contributed by atoms with Crippen molar-refractivity contribution in [2.75, 3.05) is 13.7 Å². The summed E-state index contributed by atoms with van der Waals surface area (Å²) >= 11 is 0. The van der Waals surface area contributed by atoms with E-state index in [4.69, 9.17) is 9.47 Å². The van der Waals surface area contributed by atoms with E-state index in [0.717, 1.165) is 23.2 Å². The maximum absolute atomic E-state index is 11.5. The predicted molar refractivity (Wildman–Crippen MR) is 87.7 cm³/mol. The number of rotatable bonds is 8. The van der Waals surface area contributed by atoms with Gasteiger partial charge in [0, 0.05) is 33.4 Å². The van der Waals surface area contributed by atoms with Gasteiger partial charge in [0.25, 0.3) is 0 Å². The molecule has 22 heavy (non-hydrogen) atoms. The van der Waals surface area contributed by atoms with E-state index in [2.05, 4.69) is 29.7 Å². The smallest absolute Gasteiger partial charge is 0.154 e. The summed E-state index contributed by atoms with van der Waals surface area (Å²) < 4.78 is 12.5. The summed E-state index contributed by atoms with van der Waals surface area (Å²) in [6.45, 7) is 8.28. The number of pyridine rings is 1. The Labute approximate surface area is 131 Å². The molecule has 0 N–H and O–H groups in total. The molecule has 0 spiro atoms. The molecule has 0 aliphatic heterocycles. The van der Waals surface area contributed by atoms with Gasteiger partial charge in [-0.2, -0.15) is 5.10 Å². The lowest BCUT2D eigenvalue weighted by Gasteiger charge is -2.15. The first-order chi connectivity index (χ1) is 10.5. The van der Waals surface area contributed by atoms with Gasteiger partial charge in [0.05, 0.1) is 29.6 Å². The normalized spacial score (nSPS) is 12.0. The summed E-state index contributed by atoms with van der Waals surface area (Å²) in [6, 6.07) is 1.10. The Morgan fingerprint density at radius 3 is 2.73 bits per heavy atom. The number of carbonyl (C=O) groups is 1. The van der Waals surface area contributed by atoms with E-state index in [1.807, 2.05) is 0 Å². The Kier molecular flexibility index (Phi) is 5.44. The Bertz CT molecular complexity index is 649. The number of hydrogen-bond donors (Lipinski definition) is 0. The highest BCUT2D eigenvalue weighted by Crippen LogP contribution is 2.20. The number of hydrogen-bond acceptors (Lipinski definition) is 5. The number of methoxy groups -OCH3 is 1. The Morgan fingerprint density at radius 2 is 2.09 bits per heavy atom. The maximum atomic E-state index is 11.5. The minimum Gasteiger partial charge on any atom is -0.378 e. The van der Waals surface area contributed by atoms with Crippen LogP contribution < -0.4 is 0 Å². The zero-order valence-electron chi connectivity index (χ0n) is 13.6. The number of aromatic nitrogens is 3. The third-order valence-corrected chi connectivity index (χ3v) is 5.11. The van der Waals surface area contributed by atoms with Gasteiger partial charge >= 0.3 is 0 Å².